The summed E-state index contributed by atoms with van der Waals surface area (Å²) in [4.78, 5) is 11.7. The molecule has 4 nitrogen and oxygen atoms in total. The number of hydrogen-bond acceptors (Lipinski definition) is 3. The zero-order valence-electron chi connectivity index (χ0n) is 13.9. The summed E-state index contributed by atoms with van der Waals surface area (Å²) in [6.07, 6.45) is 11.4. The molecule has 1 fully saturated rings. The minimum atomic E-state index is -0.441. The lowest BCUT2D eigenvalue weighted by Crippen LogP contribution is -2.45. The molecule has 0 heterocycles. The van der Waals surface area contributed by atoms with Crippen LogP contribution in [0.5, 0.6) is 0 Å². The highest BCUT2D eigenvalue weighted by atomic mass is 16.6. The molecular weight excluding hydrogens is 264 g/mol. The monoisotopic (exact) mass is 294 g/mol. The maximum absolute atomic E-state index is 11.7. The molecule has 0 saturated heterocycles. The number of carbonyl (C=O) groups is 1. The Morgan fingerprint density at radius 2 is 1.86 bits per heavy atom. The largest absolute Gasteiger partial charge is 0.444 e. The lowest BCUT2D eigenvalue weighted by molar-refractivity contribution is 0.0489. The molecule has 0 radical (unpaired) electrons. The van der Waals surface area contributed by atoms with Crippen LogP contribution >= 0.6 is 0 Å². The SMILES string of the molecule is C#CC(CCC)NC1CCC(NC(=O)OC(C)(C)C)CC1. The zero-order chi connectivity index (χ0) is 15.9. The summed E-state index contributed by atoms with van der Waals surface area (Å²) in [5.41, 5.74) is -0.441. The van der Waals surface area contributed by atoms with Crippen molar-refractivity contribution in [2.45, 2.75) is 89.9 Å². The Bertz CT molecular complexity index is 360. The molecule has 0 aromatic heterocycles. The molecule has 4 heteroatoms. The minimum absolute atomic E-state index is 0.176. The van der Waals surface area contributed by atoms with Crippen LogP contribution in [0.15, 0.2) is 0 Å². The molecule has 1 aliphatic carbocycles. The van der Waals surface area contributed by atoms with Crippen molar-refractivity contribution in [3.8, 4) is 12.3 Å². The molecule has 1 amide bonds. The molecule has 1 aliphatic rings. The highest BCUT2D eigenvalue weighted by molar-refractivity contribution is 5.68. The maximum Gasteiger partial charge on any atom is 0.407 e. The number of nitrogens with one attached hydrogen (secondary N) is 2. The lowest BCUT2D eigenvalue weighted by atomic mass is 9.90. The average Bonchev–Trinajstić information content (AvgIpc) is 2.38. The van der Waals surface area contributed by atoms with Crippen LogP contribution in [0, 0.1) is 12.3 Å². The van der Waals surface area contributed by atoms with Crippen LogP contribution in [0.2, 0.25) is 0 Å². The van der Waals surface area contributed by atoms with E-state index in [0.717, 1.165) is 38.5 Å². The standard InChI is InChI=1S/C17H30N2O2/c1-6-8-13(7-2)18-14-9-11-15(12-10-14)19-16(20)21-17(3,4)5/h2,13-15,18H,6,8-12H2,1,3-5H3,(H,19,20). The molecule has 1 saturated carbocycles. The molecule has 0 bridgehead atoms. The van der Waals surface area contributed by atoms with Crippen molar-refractivity contribution in [2.24, 2.45) is 0 Å². The Morgan fingerprint density at radius 1 is 1.29 bits per heavy atom. The molecule has 21 heavy (non-hydrogen) atoms. The van der Waals surface area contributed by atoms with Gasteiger partial charge in [0.2, 0.25) is 0 Å². The maximum atomic E-state index is 11.7. The van der Waals surface area contributed by atoms with Crippen molar-refractivity contribution in [3.05, 3.63) is 0 Å². The van der Waals surface area contributed by atoms with E-state index >= 15 is 0 Å². The Morgan fingerprint density at radius 3 is 2.33 bits per heavy atom. The Labute approximate surface area is 129 Å². The summed E-state index contributed by atoms with van der Waals surface area (Å²) in [5, 5.41) is 6.50. The van der Waals surface area contributed by atoms with E-state index < -0.39 is 5.60 Å². The molecule has 0 spiro atoms. The average molecular weight is 294 g/mol. The summed E-state index contributed by atoms with van der Waals surface area (Å²) in [7, 11) is 0. The number of rotatable bonds is 5. The van der Waals surface area contributed by atoms with Gasteiger partial charge < -0.3 is 15.4 Å². The second kappa shape index (κ2) is 8.29. The summed E-state index contributed by atoms with van der Waals surface area (Å²) in [5.74, 6) is 2.82. The highest BCUT2D eigenvalue weighted by Gasteiger charge is 2.25. The first-order valence-corrected chi connectivity index (χ1v) is 8.05. The van der Waals surface area contributed by atoms with Crippen molar-refractivity contribution in [2.75, 3.05) is 0 Å². The van der Waals surface area contributed by atoms with Crippen LogP contribution in [-0.2, 0) is 4.74 Å². The van der Waals surface area contributed by atoms with E-state index in [1.807, 2.05) is 20.8 Å². The smallest absolute Gasteiger partial charge is 0.407 e. The van der Waals surface area contributed by atoms with Gasteiger partial charge in [-0.25, -0.2) is 4.79 Å². The van der Waals surface area contributed by atoms with Crippen molar-refractivity contribution in [1.82, 2.24) is 10.6 Å². The van der Waals surface area contributed by atoms with Crippen LogP contribution in [0.4, 0.5) is 4.79 Å². The fourth-order valence-corrected chi connectivity index (χ4v) is 2.67. The van der Waals surface area contributed by atoms with E-state index in [0.29, 0.717) is 6.04 Å². The topological polar surface area (TPSA) is 50.4 Å². The van der Waals surface area contributed by atoms with Gasteiger partial charge in [0.15, 0.2) is 0 Å². The predicted octanol–water partition coefficient (Wildman–Crippen LogP) is 3.21. The van der Waals surface area contributed by atoms with Gasteiger partial charge in [0.05, 0.1) is 6.04 Å². The Kier molecular flexibility index (Phi) is 7.04. The van der Waals surface area contributed by atoms with Crippen molar-refractivity contribution in [3.63, 3.8) is 0 Å². The molecule has 0 aromatic carbocycles. The van der Waals surface area contributed by atoms with Gasteiger partial charge in [-0.15, -0.1) is 6.42 Å². The van der Waals surface area contributed by atoms with Crippen LogP contribution in [0.25, 0.3) is 0 Å². The molecule has 1 atom stereocenters. The van der Waals surface area contributed by atoms with E-state index in [2.05, 4.69) is 23.5 Å². The number of alkyl carbamates (subject to hydrolysis) is 1. The minimum Gasteiger partial charge on any atom is -0.444 e. The summed E-state index contributed by atoms with van der Waals surface area (Å²) in [6, 6.07) is 0.859. The van der Waals surface area contributed by atoms with Crippen molar-refractivity contribution < 1.29 is 9.53 Å². The predicted molar refractivity (Wildman–Crippen MR) is 86.1 cm³/mol. The number of amides is 1. The molecule has 120 valence electrons. The molecule has 1 rings (SSSR count). The van der Waals surface area contributed by atoms with Crippen molar-refractivity contribution >= 4 is 6.09 Å². The third-order valence-electron chi connectivity index (χ3n) is 3.66. The second-order valence-corrected chi connectivity index (χ2v) is 6.87. The van der Waals surface area contributed by atoms with Gasteiger partial charge in [-0.2, -0.15) is 0 Å². The van der Waals surface area contributed by atoms with Gasteiger partial charge in [-0.1, -0.05) is 19.3 Å². The van der Waals surface area contributed by atoms with E-state index in [9.17, 15) is 4.79 Å². The molecular formula is C17H30N2O2. The molecule has 0 aromatic rings. The van der Waals surface area contributed by atoms with Gasteiger partial charge in [-0.05, 0) is 52.9 Å². The molecule has 0 aliphatic heterocycles. The number of carbonyl (C=O) groups excluding carboxylic acids is 1. The number of terminal acetylenes is 1. The first kappa shape index (κ1) is 17.8. The third-order valence-corrected chi connectivity index (χ3v) is 3.66. The molecule has 2 N–H and O–H groups in total. The fraction of sp³-hybridized carbons (Fsp3) is 0.824. The van der Waals surface area contributed by atoms with Gasteiger partial charge in [0.25, 0.3) is 0 Å². The van der Waals surface area contributed by atoms with Crippen LogP contribution < -0.4 is 10.6 Å². The van der Waals surface area contributed by atoms with Gasteiger partial charge in [-0.3, -0.25) is 0 Å². The van der Waals surface area contributed by atoms with Gasteiger partial charge in [0, 0.05) is 12.1 Å². The quantitative estimate of drug-likeness (QED) is 0.766. The summed E-state index contributed by atoms with van der Waals surface area (Å²) in [6.45, 7) is 7.77. The van der Waals surface area contributed by atoms with E-state index in [1.165, 1.54) is 0 Å². The van der Waals surface area contributed by atoms with E-state index in [1.54, 1.807) is 0 Å². The zero-order valence-corrected chi connectivity index (χ0v) is 13.9. The first-order chi connectivity index (χ1) is 9.84. The fourth-order valence-electron chi connectivity index (χ4n) is 2.67. The summed E-state index contributed by atoms with van der Waals surface area (Å²) >= 11 is 0. The third kappa shape index (κ3) is 7.38. The first-order valence-electron chi connectivity index (χ1n) is 8.05. The summed E-state index contributed by atoms with van der Waals surface area (Å²) < 4.78 is 5.29. The van der Waals surface area contributed by atoms with Gasteiger partial charge in [0.1, 0.15) is 5.60 Å². The number of ether oxygens (including phenoxy) is 1. The normalized spacial score (nSPS) is 24.0. The second-order valence-electron chi connectivity index (χ2n) is 6.87. The number of hydrogen-bond donors (Lipinski definition) is 2. The van der Waals surface area contributed by atoms with Gasteiger partial charge >= 0.3 is 6.09 Å². The van der Waals surface area contributed by atoms with Crippen LogP contribution in [0.1, 0.15) is 66.2 Å². The van der Waals surface area contributed by atoms with E-state index in [-0.39, 0.29) is 18.2 Å². The lowest BCUT2D eigenvalue weighted by Gasteiger charge is -2.32. The Hall–Kier alpha value is -1.21. The molecule has 1 unspecified atom stereocenters. The Balaban J connectivity index is 2.29. The highest BCUT2D eigenvalue weighted by Crippen LogP contribution is 2.20. The van der Waals surface area contributed by atoms with Crippen LogP contribution in [-0.4, -0.2) is 29.8 Å². The van der Waals surface area contributed by atoms with E-state index in [4.69, 9.17) is 11.2 Å². The van der Waals surface area contributed by atoms with Crippen LogP contribution in [0.3, 0.4) is 0 Å². The van der Waals surface area contributed by atoms with Crippen molar-refractivity contribution in [1.29, 1.82) is 0 Å².